The molecule has 0 saturated carbocycles. The molecular formula is C10H16N2O2. The fraction of sp³-hybridized carbons (Fsp3) is 0.500. The van der Waals surface area contributed by atoms with Crippen LogP contribution in [0.4, 0.5) is 5.82 Å². The van der Waals surface area contributed by atoms with E-state index in [9.17, 15) is 0 Å². The van der Waals surface area contributed by atoms with E-state index in [2.05, 4.69) is 4.99 Å². The van der Waals surface area contributed by atoms with Gasteiger partial charge in [0.05, 0.1) is 5.69 Å². The number of hydrogen-bond donors (Lipinski definition) is 2. The fourth-order valence-electron chi connectivity index (χ4n) is 1.48. The molecule has 0 aliphatic heterocycles. The first-order chi connectivity index (χ1) is 6.61. The Morgan fingerprint density at radius 2 is 2.21 bits per heavy atom. The van der Waals surface area contributed by atoms with Crippen molar-refractivity contribution in [3.63, 3.8) is 0 Å². The van der Waals surface area contributed by atoms with Gasteiger partial charge >= 0.3 is 0 Å². The predicted octanol–water partition coefficient (Wildman–Crippen LogP) is 1.29. The molecule has 0 bridgehead atoms. The van der Waals surface area contributed by atoms with Gasteiger partial charge in [0.1, 0.15) is 5.82 Å². The second-order valence-corrected chi connectivity index (χ2v) is 3.09. The van der Waals surface area contributed by atoms with Gasteiger partial charge in [-0.1, -0.05) is 6.92 Å². The highest BCUT2D eigenvalue weighted by Gasteiger charge is 2.14. The molecule has 14 heavy (non-hydrogen) atoms. The van der Waals surface area contributed by atoms with Crippen molar-refractivity contribution in [1.82, 2.24) is 4.57 Å². The third-order valence-electron chi connectivity index (χ3n) is 2.21. The zero-order chi connectivity index (χ0) is 10.7. The highest BCUT2D eigenvalue weighted by atomic mass is 16.5. The fourth-order valence-corrected chi connectivity index (χ4v) is 1.48. The largest absolute Gasteiger partial charge is 0.363 e. The summed E-state index contributed by atoms with van der Waals surface area (Å²) in [5.74, 6) is 0.790. The Balaban J connectivity index is 3.25. The van der Waals surface area contributed by atoms with Gasteiger partial charge in [0, 0.05) is 13.3 Å². The first-order valence-electron chi connectivity index (χ1n) is 4.65. The molecule has 0 unspecified atom stereocenters. The van der Waals surface area contributed by atoms with E-state index in [4.69, 9.17) is 10.2 Å². The van der Waals surface area contributed by atoms with Crippen molar-refractivity contribution >= 4 is 12.0 Å². The van der Waals surface area contributed by atoms with Crippen LogP contribution in [-0.2, 0) is 13.5 Å². The molecule has 0 aliphatic carbocycles. The summed E-state index contributed by atoms with van der Waals surface area (Å²) in [6.07, 6.45) is 1.08. The zero-order valence-corrected chi connectivity index (χ0v) is 8.73. The SMILES string of the molecule is CC=Nc1c(CC)cc(C(O)O)n1C. The van der Waals surface area contributed by atoms with Crippen molar-refractivity contribution in [1.29, 1.82) is 0 Å². The molecule has 0 radical (unpaired) electrons. The Morgan fingerprint density at radius 3 is 2.64 bits per heavy atom. The van der Waals surface area contributed by atoms with Gasteiger partial charge in [-0.25, -0.2) is 4.99 Å². The lowest BCUT2D eigenvalue weighted by Crippen LogP contribution is -2.02. The number of aryl methyl sites for hydroxylation is 1. The van der Waals surface area contributed by atoms with Crippen LogP contribution in [0.3, 0.4) is 0 Å². The van der Waals surface area contributed by atoms with E-state index >= 15 is 0 Å². The topological polar surface area (TPSA) is 57.8 Å². The van der Waals surface area contributed by atoms with Crippen molar-refractivity contribution in [3.05, 3.63) is 17.3 Å². The van der Waals surface area contributed by atoms with Gasteiger partial charge in [-0.05, 0) is 25.0 Å². The van der Waals surface area contributed by atoms with Gasteiger partial charge < -0.3 is 14.8 Å². The molecule has 4 nitrogen and oxygen atoms in total. The minimum atomic E-state index is -1.44. The Labute approximate surface area is 83.5 Å². The molecular weight excluding hydrogens is 180 g/mol. The van der Waals surface area contributed by atoms with Crippen LogP contribution in [0, 0.1) is 0 Å². The summed E-state index contributed by atoms with van der Waals surface area (Å²) in [5.41, 5.74) is 1.50. The second-order valence-electron chi connectivity index (χ2n) is 3.09. The number of aromatic nitrogens is 1. The average molecular weight is 196 g/mol. The lowest BCUT2D eigenvalue weighted by Gasteiger charge is -2.05. The normalized spacial score (nSPS) is 11.9. The number of aliphatic imine (C=N–C) groups is 1. The van der Waals surface area contributed by atoms with Crippen LogP contribution in [0.25, 0.3) is 0 Å². The standard InChI is InChI=1S/C10H16N2O2/c1-4-7-6-8(10(13)14)12(3)9(7)11-5-2/h5-6,10,13-14H,4H2,1-3H3. The lowest BCUT2D eigenvalue weighted by molar-refractivity contribution is -0.0476. The molecule has 1 rings (SSSR count). The van der Waals surface area contributed by atoms with Gasteiger partial charge in [0.25, 0.3) is 0 Å². The first kappa shape index (κ1) is 10.9. The van der Waals surface area contributed by atoms with E-state index < -0.39 is 6.29 Å². The third-order valence-corrected chi connectivity index (χ3v) is 2.21. The van der Waals surface area contributed by atoms with E-state index in [0.29, 0.717) is 5.69 Å². The quantitative estimate of drug-likeness (QED) is 0.565. The minimum Gasteiger partial charge on any atom is -0.363 e. The molecule has 0 saturated heterocycles. The van der Waals surface area contributed by atoms with E-state index in [1.165, 1.54) is 0 Å². The van der Waals surface area contributed by atoms with Crippen LogP contribution >= 0.6 is 0 Å². The van der Waals surface area contributed by atoms with E-state index in [0.717, 1.165) is 17.8 Å². The number of nitrogens with zero attached hydrogens (tertiary/aromatic N) is 2. The van der Waals surface area contributed by atoms with Crippen LogP contribution in [-0.4, -0.2) is 21.0 Å². The maximum absolute atomic E-state index is 9.09. The second kappa shape index (κ2) is 4.39. The Kier molecular flexibility index (Phi) is 3.43. The van der Waals surface area contributed by atoms with E-state index in [-0.39, 0.29) is 0 Å². The summed E-state index contributed by atoms with van der Waals surface area (Å²) in [5, 5.41) is 18.2. The van der Waals surface area contributed by atoms with Crippen LogP contribution < -0.4 is 0 Å². The molecule has 0 spiro atoms. The van der Waals surface area contributed by atoms with Crippen LogP contribution in [0.2, 0.25) is 0 Å². The van der Waals surface area contributed by atoms with Crippen LogP contribution in [0.1, 0.15) is 31.4 Å². The summed E-state index contributed by atoms with van der Waals surface area (Å²) in [6, 6.07) is 1.77. The molecule has 1 aromatic rings. The van der Waals surface area contributed by atoms with E-state index in [1.807, 2.05) is 13.8 Å². The average Bonchev–Trinajstić information content (AvgIpc) is 2.45. The van der Waals surface area contributed by atoms with Crippen molar-refractivity contribution in [2.45, 2.75) is 26.6 Å². The first-order valence-corrected chi connectivity index (χ1v) is 4.65. The maximum atomic E-state index is 9.09. The lowest BCUT2D eigenvalue weighted by atomic mass is 10.2. The van der Waals surface area contributed by atoms with Crippen LogP contribution in [0.5, 0.6) is 0 Å². The summed E-state index contributed by atoms with van der Waals surface area (Å²) >= 11 is 0. The van der Waals surface area contributed by atoms with Crippen molar-refractivity contribution in [2.24, 2.45) is 12.0 Å². The zero-order valence-electron chi connectivity index (χ0n) is 8.73. The van der Waals surface area contributed by atoms with Gasteiger partial charge in [0.2, 0.25) is 0 Å². The molecule has 0 fully saturated rings. The van der Waals surface area contributed by atoms with Gasteiger partial charge in [-0.3, -0.25) is 0 Å². The monoisotopic (exact) mass is 196 g/mol. The maximum Gasteiger partial charge on any atom is 0.194 e. The summed E-state index contributed by atoms with van der Waals surface area (Å²) in [6.45, 7) is 3.85. The predicted molar refractivity (Wildman–Crippen MR) is 55.8 cm³/mol. The Morgan fingerprint density at radius 1 is 1.57 bits per heavy atom. The number of aliphatic hydroxyl groups excluding tert-OH is 1. The van der Waals surface area contributed by atoms with E-state index in [1.54, 1.807) is 23.9 Å². The summed E-state index contributed by atoms with van der Waals surface area (Å²) in [7, 11) is 1.77. The number of rotatable bonds is 3. The highest BCUT2D eigenvalue weighted by molar-refractivity contribution is 5.61. The summed E-state index contributed by atoms with van der Waals surface area (Å²) < 4.78 is 1.70. The van der Waals surface area contributed by atoms with Crippen molar-refractivity contribution in [3.8, 4) is 0 Å². The van der Waals surface area contributed by atoms with Crippen LogP contribution in [0.15, 0.2) is 11.1 Å². The molecule has 78 valence electrons. The highest BCUT2D eigenvalue weighted by Crippen LogP contribution is 2.26. The molecule has 0 atom stereocenters. The molecule has 0 aliphatic rings. The molecule has 0 aromatic carbocycles. The van der Waals surface area contributed by atoms with Gasteiger partial charge in [-0.15, -0.1) is 0 Å². The Hall–Kier alpha value is -1.13. The van der Waals surface area contributed by atoms with Gasteiger partial charge in [0.15, 0.2) is 6.29 Å². The number of hydrogen-bond acceptors (Lipinski definition) is 3. The molecule has 4 heteroatoms. The van der Waals surface area contributed by atoms with Crippen molar-refractivity contribution < 1.29 is 10.2 Å². The number of aliphatic hydroxyl groups is 2. The third kappa shape index (κ3) is 1.86. The molecule has 2 N–H and O–H groups in total. The van der Waals surface area contributed by atoms with Crippen molar-refractivity contribution in [2.75, 3.05) is 0 Å². The summed E-state index contributed by atoms with van der Waals surface area (Å²) in [4.78, 5) is 4.20. The molecule has 1 heterocycles. The minimum absolute atomic E-state index is 0.474. The Bertz CT molecular complexity index is 340. The molecule has 0 amide bonds. The smallest absolute Gasteiger partial charge is 0.194 e. The van der Waals surface area contributed by atoms with Gasteiger partial charge in [-0.2, -0.15) is 0 Å². The molecule has 1 aromatic heterocycles.